The van der Waals surface area contributed by atoms with Gasteiger partial charge in [0, 0.05) is 40.4 Å². The van der Waals surface area contributed by atoms with E-state index in [2.05, 4.69) is 10.3 Å². The minimum absolute atomic E-state index is 0.0595. The molecule has 0 fully saturated rings. The molecule has 1 aromatic heterocycles. The molecular formula is C15H13ClN2O. The van der Waals surface area contributed by atoms with Crippen LogP contribution in [0, 0.1) is 0 Å². The fraction of sp³-hybridized carbons (Fsp3) is 0.0667. The van der Waals surface area contributed by atoms with Crippen molar-refractivity contribution in [2.24, 2.45) is 0 Å². The van der Waals surface area contributed by atoms with Crippen LogP contribution in [-0.4, -0.2) is 10.8 Å². The summed E-state index contributed by atoms with van der Waals surface area (Å²) in [6, 6.07) is 10.5. The summed E-state index contributed by atoms with van der Waals surface area (Å²) in [7, 11) is 0. The molecule has 0 spiro atoms. The van der Waals surface area contributed by atoms with E-state index in [4.69, 9.17) is 11.6 Å². The quantitative estimate of drug-likeness (QED) is 0.677. The van der Waals surface area contributed by atoms with Crippen LogP contribution in [0.1, 0.15) is 17.3 Å². The van der Waals surface area contributed by atoms with Crippen LogP contribution in [-0.2, 0) is 0 Å². The first-order chi connectivity index (χ1) is 9.15. The Balaban J connectivity index is 2.08. The highest BCUT2D eigenvalue weighted by Gasteiger charge is 2.03. The lowest BCUT2D eigenvalue weighted by molar-refractivity contribution is 0.104. The van der Waals surface area contributed by atoms with Crippen molar-refractivity contribution in [1.82, 2.24) is 4.98 Å². The van der Waals surface area contributed by atoms with Gasteiger partial charge in [-0.3, -0.25) is 9.78 Å². The van der Waals surface area contributed by atoms with Gasteiger partial charge in [0.25, 0.3) is 0 Å². The second-order valence-electron chi connectivity index (χ2n) is 4.06. The van der Waals surface area contributed by atoms with E-state index in [0.717, 1.165) is 11.4 Å². The second-order valence-corrected chi connectivity index (χ2v) is 4.50. The van der Waals surface area contributed by atoms with Crippen LogP contribution in [0.5, 0.6) is 0 Å². The molecule has 0 aliphatic heterocycles. The van der Waals surface area contributed by atoms with E-state index in [1.807, 2.05) is 19.1 Å². The zero-order valence-corrected chi connectivity index (χ0v) is 11.2. The molecule has 2 aromatic rings. The molecule has 2 rings (SSSR count). The van der Waals surface area contributed by atoms with Gasteiger partial charge in [0.1, 0.15) is 0 Å². The zero-order valence-electron chi connectivity index (χ0n) is 10.4. The van der Waals surface area contributed by atoms with Gasteiger partial charge < -0.3 is 5.32 Å². The largest absolute Gasteiger partial charge is 0.359 e. The lowest BCUT2D eigenvalue weighted by atomic mass is 10.1. The van der Waals surface area contributed by atoms with Gasteiger partial charge in [-0.2, -0.15) is 0 Å². The third kappa shape index (κ3) is 3.93. The molecule has 0 radical (unpaired) electrons. The number of nitrogens with one attached hydrogen (secondary N) is 1. The Hall–Kier alpha value is -2.13. The summed E-state index contributed by atoms with van der Waals surface area (Å²) in [6.07, 6.45) is 4.94. The van der Waals surface area contributed by atoms with Gasteiger partial charge in [-0.25, -0.2) is 0 Å². The first-order valence-electron chi connectivity index (χ1n) is 5.80. The summed E-state index contributed by atoms with van der Waals surface area (Å²) in [5, 5.41) is 3.75. The molecule has 0 saturated heterocycles. The first-order valence-corrected chi connectivity index (χ1v) is 6.18. The summed E-state index contributed by atoms with van der Waals surface area (Å²) in [6.45, 7) is 1.84. The number of rotatable bonds is 4. The minimum Gasteiger partial charge on any atom is -0.359 e. The van der Waals surface area contributed by atoms with Crippen molar-refractivity contribution in [3.8, 4) is 0 Å². The lowest BCUT2D eigenvalue weighted by Gasteiger charge is -2.05. The molecule has 96 valence electrons. The second kappa shape index (κ2) is 6.16. The van der Waals surface area contributed by atoms with Gasteiger partial charge >= 0.3 is 0 Å². The van der Waals surface area contributed by atoms with E-state index in [0.29, 0.717) is 10.6 Å². The molecule has 0 bridgehead atoms. The van der Waals surface area contributed by atoms with Crippen LogP contribution >= 0.6 is 11.6 Å². The summed E-state index contributed by atoms with van der Waals surface area (Å²) < 4.78 is 0. The van der Waals surface area contributed by atoms with Crippen LogP contribution in [0.2, 0.25) is 5.02 Å². The molecule has 4 heteroatoms. The van der Waals surface area contributed by atoms with Crippen molar-refractivity contribution >= 4 is 23.1 Å². The van der Waals surface area contributed by atoms with Gasteiger partial charge in [-0.05, 0) is 43.3 Å². The number of nitrogens with zero attached hydrogens (tertiary/aromatic N) is 1. The van der Waals surface area contributed by atoms with Crippen molar-refractivity contribution in [1.29, 1.82) is 0 Å². The molecule has 0 amide bonds. The molecule has 3 nitrogen and oxygen atoms in total. The highest BCUT2D eigenvalue weighted by Crippen LogP contribution is 2.12. The molecule has 0 saturated carbocycles. The molecule has 0 atom stereocenters. The first kappa shape index (κ1) is 13.3. The van der Waals surface area contributed by atoms with Crippen molar-refractivity contribution < 1.29 is 4.79 Å². The number of hydrogen-bond acceptors (Lipinski definition) is 3. The van der Waals surface area contributed by atoms with Gasteiger partial charge in [0.05, 0.1) is 0 Å². The third-order valence-electron chi connectivity index (χ3n) is 2.50. The number of carbonyl (C=O) groups is 1. The van der Waals surface area contributed by atoms with E-state index >= 15 is 0 Å². The Morgan fingerprint density at radius 1 is 1.16 bits per heavy atom. The summed E-state index contributed by atoms with van der Waals surface area (Å²) in [5.74, 6) is -0.0595. The Bertz CT molecular complexity index is 591. The predicted molar refractivity (Wildman–Crippen MR) is 77.4 cm³/mol. The van der Waals surface area contributed by atoms with E-state index in [-0.39, 0.29) is 5.78 Å². The SMILES string of the molecule is C/C(=C/C(=O)c1ccc(Cl)cc1)Nc1ccncc1. The summed E-state index contributed by atoms with van der Waals surface area (Å²) >= 11 is 5.78. The zero-order chi connectivity index (χ0) is 13.7. The molecule has 19 heavy (non-hydrogen) atoms. The Morgan fingerprint density at radius 2 is 1.79 bits per heavy atom. The Labute approximate surface area is 116 Å². The van der Waals surface area contributed by atoms with E-state index in [1.54, 1.807) is 42.7 Å². The maximum Gasteiger partial charge on any atom is 0.187 e. The average molecular weight is 273 g/mol. The predicted octanol–water partition coefficient (Wildman–Crippen LogP) is 3.93. The monoisotopic (exact) mass is 272 g/mol. The number of aromatic nitrogens is 1. The molecule has 0 aliphatic carbocycles. The van der Waals surface area contributed by atoms with Crippen LogP contribution in [0.3, 0.4) is 0 Å². The van der Waals surface area contributed by atoms with Crippen molar-refractivity contribution in [3.05, 3.63) is 71.2 Å². The Morgan fingerprint density at radius 3 is 2.42 bits per heavy atom. The number of carbonyl (C=O) groups excluding carboxylic acids is 1. The number of hydrogen-bond donors (Lipinski definition) is 1. The van der Waals surface area contributed by atoms with E-state index in [9.17, 15) is 4.79 Å². The van der Waals surface area contributed by atoms with Crippen LogP contribution in [0.25, 0.3) is 0 Å². The fourth-order valence-corrected chi connectivity index (χ4v) is 1.72. The Kier molecular flexibility index (Phi) is 4.31. The summed E-state index contributed by atoms with van der Waals surface area (Å²) in [4.78, 5) is 15.9. The summed E-state index contributed by atoms with van der Waals surface area (Å²) in [5.41, 5.74) is 2.28. The maximum absolute atomic E-state index is 12.0. The average Bonchev–Trinajstić information content (AvgIpc) is 2.40. The standard InChI is InChI=1S/C15H13ClN2O/c1-11(18-14-6-8-17-9-7-14)10-15(19)12-2-4-13(16)5-3-12/h2-10H,1H3,(H,17,18)/b11-10-. The number of halogens is 1. The van der Waals surface area contributed by atoms with E-state index in [1.165, 1.54) is 0 Å². The number of pyridine rings is 1. The molecule has 1 heterocycles. The molecule has 1 N–H and O–H groups in total. The van der Waals surface area contributed by atoms with Crippen LogP contribution in [0.4, 0.5) is 5.69 Å². The topological polar surface area (TPSA) is 42.0 Å². The normalized spacial score (nSPS) is 11.2. The molecule has 0 unspecified atom stereocenters. The smallest absolute Gasteiger partial charge is 0.187 e. The fourth-order valence-electron chi connectivity index (χ4n) is 1.59. The maximum atomic E-state index is 12.0. The van der Waals surface area contributed by atoms with Gasteiger partial charge in [-0.1, -0.05) is 11.6 Å². The number of benzene rings is 1. The molecular weight excluding hydrogens is 260 g/mol. The van der Waals surface area contributed by atoms with Crippen molar-refractivity contribution in [3.63, 3.8) is 0 Å². The van der Waals surface area contributed by atoms with Crippen LogP contribution in [0.15, 0.2) is 60.6 Å². The van der Waals surface area contributed by atoms with Gasteiger partial charge in [0.2, 0.25) is 0 Å². The molecule has 1 aromatic carbocycles. The highest BCUT2D eigenvalue weighted by molar-refractivity contribution is 6.30. The van der Waals surface area contributed by atoms with Crippen LogP contribution < -0.4 is 5.32 Å². The molecule has 0 aliphatic rings. The van der Waals surface area contributed by atoms with Gasteiger partial charge in [-0.15, -0.1) is 0 Å². The van der Waals surface area contributed by atoms with E-state index < -0.39 is 0 Å². The van der Waals surface area contributed by atoms with Crippen molar-refractivity contribution in [2.75, 3.05) is 5.32 Å². The number of allylic oxidation sites excluding steroid dienone is 2. The number of anilines is 1. The number of ketones is 1. The highest BCUT2D eigenvalue weighted by atomic mass is 35.5. The van der Waals surface area contributed by atoms with Gasteiger partial charge in [0.15, 0.2) is 5.78 Å². The minimum atomic E-state index is -0.0595. The van der Waals surface area contributed by atoms with Crippen molar-refractivity contribution in [2.45, 2.75) is 6.92 Å². The lowest BCUT2D eigenvalue weighted by Crippen LogP contribution is -2.01. The third-order valence-corrected chi connectivity index (χ3v) is 2.75.